The Morgan fingerprint density at radius 3 is 2.53 bits per heavy atom. The van der Waals surface area contributed by atoms with Crippen molar-refractivity contribution in [1.82, 2.24) is 5.32 Å². The van der Waals surface area contributed by atoms with Crippen LogP contribution < -0.4 is 5.32 Å². The number of aryl methyl sites for hydroxylation is 2. The highest BCUT2D eigenvalue weighted by Crippen LogP contribution is 2.30. The minimum Gasteiger partial charge on any atom is -0.309 e. The standard InChI is InChI=1S/C14H16BrNS/c1-9-6-11(8-12(15)7-9)14(16-3)13-4-5-17-10(13)2/h4-8,14,16H,1-3H3. The van der Waals surface area contributed by atoms with Gasteiger partial charge in [-0.2, -0.15) is 0 Å². The van der Waals surface area contributed by atoms with E-state index in [1.165, 1.54) is 21.6 Å². The third-order valence-electron chi connectivity index (χ3n) is 2.90. The Bertz CT molecular complexity index is 498. The number of hydrogen-bond acceptors (Lipinski definition) is 2. The van der Waals surface area contributed by atoms with Gasteiger partial charge in [-0.15, -0.1) is 11.3 Å². The van der Waals surface area contributed by atoms with Crippen molar-refractivity contribution >= 4 is 27.3 Å². The van der Waals surface area contributed by atoms with Crippen LogP contribution in [0.5, 0.6) is 0 Å². The van der Waals surface area contributed by atoms with E-state index in [0.29, 0.717) is 0 Å². The Balaban J connectivity index is 2.45. The molecule has 0 aliphatic rings. The van der Waals surface area contributed by atoms with Gasteiger partial charge in [-0.25, -0.2) is 0 Å². The van der Waals surface area contributed by atoms with Gasteiger partial charge in [-0.1, -0.05) is 22.0 Å². The van der Waals surface area contributed by atoms with Gasteiger partial charge in [-0.3, -0.25) is 0 Å². The zero-order valence-corrected chi connectivity index (χ0v) is 12.7. The molecule has 17 heavy (non-hydrogen) atoms. The summed E-state index contributed by atoms with van der Waals surface area (Å²) in [5.41, 5.74) is 3.96. The predicted octanol–water partition coefficient (Wildman–Crippen LogP) is 4.44. The van der Waals surface area contributed by atoms with Crippen LogP contribution in [-0.2, 0) is 0 Å². The van der Waals surface area contributed by atoms with Gasteiger partial charge in [0.15, 0.2) is 0 Å². The fourth-order valence-corrected chi connectivity index (χ4v) is 3.49. The average Bonchev–Trinajstić information content (AvgIpc) is 2.65. The van der Waals surface area contributed by atoms with E-state index in [1.54, 1.807) is 11.3 Å². The van der Waals surface area contributed by atoms with Crippen molar-refractivity contribution in [2.24, 2.45) is 0 Å². The minimum absolute atomic E-state index is 0.275. The number of hydrogen-bond donors (Lipinski definition) is 1. The minimum atomic E-state index is 0.275. The first-order valence-electron chi connectivity index (χ1n) is 5.60. The van der Waals surface area contributed by atoms with Crippen molar-refractivity contribution in [2.45, 2.75) is 19.9 Å². The number of benzene rings is 1. The molecule has 1 nitrogen and oxygen atoms in total. The first-order chi connectivity index (χ1) is 8.11. The van der Waals surface area contributed by atoms with E-state index in [-0.39, 0.29) is 6.04 Å². The van der Waals surface area contributed by atoms with Gasteiger partial charge in [-0.05, 0) is 61.2 Å². The molecule has 90 valence electrons. The quantitative estimate of drug-likeness (QED) is 0.884. The van der Waals surface area contributed by atoms with E-state index in [2.05, 4.69) is 64.7 Å². The summed E-state index contributed by atoms with van der Waals surface area (Å²) >= 11 is 5.37. The summed E-state index contributed by atoms with van der Waals surface area (Å²) in [6, 6.07) is 9.04. The monoisotopic (exact) mass is 309 g/mol. The Morgan fingerprint density at radius 2 is 2.00 bits per heavy atom. The van der Waals surface area contributed by atoms with Crippen molar-refractivity contribution in [3.05, 3.63) is 55.7 Å². The number of nitrogens with one attached hydrogen (secondary N) is 1. The Labute approximate surface area is 115 Å². The van der Waals surface area contributed by atoms with Gasteiger partial charge in [0.2, 0.25) is 0 Å². The van der Waals surface area contributed by atoms with Crippen molar-refractivity contribution in [1.29, 1.82) is 0 Å². The molecule has 1 N–H and O–H groups in total. The molecular formula is C14H16BrNS. The van der Waals surface area contributed by atoms with Crippen molar-refractivity contribution in [3.8, 4) is 0 Å². The lowest BCUT2D eigenvalue weighted by atomic mass is 9.98. The molecule has 0 radical (unpaired) electrons. The molecule has 0 spiro atoms. The molecule has 0 aliphatic heterocycles. The molecular weight excluding hydrogens is 294 g/mol. The van der Waals surface area contributed by atoms with Crippen LogP contribution in [-0.4, -0.2) is 7.05 Å². The topological polar surface area (TPSA) is 12.0 Å². The summed E-state index contributed by atoms with van der Waals surface area (Å²) in [6.45, 7) is 4.30. The number of thiophene rings is 1. The van der Waals surface area contributed by atoms with Crippen LogP contribution in [0.4, 0.5) is 0 Å². The zero-order chi connectivity index (χ0) is 12.4. The van der Waals surface area contributed by atoms with Gasteiger partial charge >= 0.3 is 0 Å². The molecule has 1 aromatic heterocycles. The molecule has 0 aliphatic carbocycles. The SMILES string of the molecule is CNC(c1cc(C)cc(Br)c1)c1ccsc1C. The normalized spacial score (nSPS) is 12.7. The van der Waals surface area contributed by atoms with Gasteiger partial charge in [0.1, 0.15) is 0 Å². The third kappa shape index (κ3) is 2.79. The molecule has 0 saturated heterocycles. The fraction of sp³-hybridized carbons (Fsp3) is 0.286. The van der Waals surface area contributed by atoms with Crippen molar-refractivity contribution in [2.75, 3.05) is 7.05 Å². The van der Waals surface area contributed by atoms with Gasteiger partial charge in [0.25, 0.3) is 0 Å². The van der Waals surface area contributed by atoms with Gasteiger partial charge < -0.3 is 5.32 Å². The summed E-state index contributed by atoms with van der Waals surface area (Å²) < 4.78 is 1.14. The Kier molecular flexibility index (Phi) is 4.02. The third-order valence-corrected chi connectivity index (χ3v) is 4.22. The number of halogens is 1. The van der Waals surface area contributed by atoms with Crippen LogP contribution in [0, 0.1) is 13.8 Å². The van der Waals surface area contributed by atoms with Crippen molar-refractivity contribution < 1.29 is 0 Å². The van der Waals surface area contributed by atoms with E-state index in [9.17, 15) is 0 Å². The van der Waals surface area contributed by atoms with E-state index < -0.39 is 0 Å². The molecule has 1 heterocycles. The summed E-state index contributed by atoms with van der Waals surface area (Å²) in [6.07, 6.45) is 0. The molecule has 1 unspecified atom stereocenters. The molecule has 1 atom stereocenters. The highest BCUT2D eigenvalue weighted by molar-refractivity contribution is 9.10. The summed E-state index contributed by atoms with van der Waals surface area (Å²) in [5.74, 6) is 0. The molecule has 0 saturated carbocycles. The summed E-state index contributed by atoms with van der Waals surface area (Å²) in [5, 5.41) is 5.55. The number of rotatable bonds is 3. The molecule has 0 bridgehead atoms. The van der Waals surface area contributed by atoms with E-state index >= 15 is 0 Å². The van der Waals surface area contributed by atoms with Crippen molar-refractivity contribution in [3.63, 3.8) is 0 Å². The van der Waals surface area contributed by atoms with Crippen LogP contribution in [0.2, 0.25) is 0 Å². The predicted molar refractivity (Wildman–Crippen MR) is 78.8 cm³/mol. The molecule has 2 aromatic rings. The Hall–Kier alpha value is -0.640. The zero-order valence-electron chi connectivity index (χ0n) is 10.3. The highest BCUT2D eigenvalue weighted by atomic mass is 79.9. The molecule has 2 rings (SSSR count). The molecule has 3 heteroatoms. The maximum Gasteiger partial charge on any atom is 0.0585 e. The van der Waals surface area contributed by atoms with Crippen LogP contribution in [0.1, 0.15) is 27.6 Å². The highest BCUT2D eigenvalue weighted by Gasteiger charge is 2.15. The van der Waals surface area contributed by atoms with Gasteiger partial charge in [0, 0.05) is 9.35 Å². The van der Waals surface area contributed by atoms with Crippen LogP contribution >= 0.6 is 27.3 Å². The van der Waals surface area contributed by atoms with Gasteiger partial charge in [0.05, 0.1) is 6.04 Å². The van der Waals surface area contributed by atoms with Crippen LogP contribution in [0.15, 0.2) is 34.1 Å². The maximum absolute atomic E-state index is 3.57. The lowest BCUT2D eigenvalue weighted by Gasteiger charge is -2.18. The summed E-state index contributed by atoms with van der Waals surface area (Å²) in [4.78, 5) is 1.38. The maximum atomic E-state index is 3.57. The van der Waals surface area contributed by atoms with E-state index in [0.717, 1.165) is 4.47 Å². The average molecular weight is 310 g/mol. The second kappa shape index (κ2) is 5.34. The Morgan fingerprint density at radius 1 is 1.24 bits per heavy atom. The molecule has 0 amide bonds. The van der Waals surface area contributed by atoms with E-state index in [4.69, 9.17) is 0 Å². The van der Waals surface area contributed by atoms with Crippen LogP contribution in [0.3, 0.4) is 0 Å². The second-order valence-corrected chi connectivity index (χ2v) is 6.25. The lowest BCUT2D eigenvalue weighted by molar-refractivity contribution is 0.690. The van der Waals surface area contributed by atoms with Crippen LogP contribution in [0.25, 0.3) is 0 Å². The first-order valence-corrected chi connectivity index (χ1v) is 7.27. The smallest absolute Gasteiger partial charge is 0.0585 e. The first kappa shape index (κ1) is 12.8. The second-order valence-electron chi connectivity index (χ2n) is 4.22. The molecule has 0 fully saturated rings. The lowest BCUT2D eigenvalue weighted by Crippen LogP contribution is -2.17. The van der Waals surface area contributed by atoms with E-state index in [1.807, 2.05) is 7.05 Å². The summed E-state index contributed by atoms with van der Waals surface area (Å²) in [7, 11) is 2.01. The largest absolute Gasteiger partial charge is 0.309 e. The fourth-order valence-electron chi connectivity index (χ4n) is 2.13. The molecule has 1 aromatic carbocycles.